The number of nitrogens with zero attached hydrogens (tertiary/aromatic N) is 2. The Bertz CT molecular complexity index is 723. The molecule has 2 aromatic rings. The first kappa shape index (κ1) is 19.5. The van der Waals surface area contributed by atoms with E-state index in [0.717, 1.165) is 22.1 Å². The van der Waals surface area contributed by atoms with Crippen LogP contribution in [0.15, 0.2) is 52.3 Å². The molecule has 0 spiro atoms. The Labute approximate surface area is 165 Å². The maximum absolute atomic E-state index is 10.5. The molecule has 1 unspecified atom stereocenters. The van der Waals surface area contributed by atoms with Crippen LogP contribution < -0.4 is 4.90 Å². The van der Waals surface area contributed by atoms with Crippen molar-refractivity contribution >= 4 is 35.1 Å². The SMILES string of the molecule is CCCCC1CN(c2ccccc2)c2cc(SCC)c(O)cc2SN1C. The quantitative estimate of drug-likeness (QED) is 0.473. The zero-order valence-corrected chi connectivity index (χ0v) is 17.4. The lowest BCUT2D eigenvalue weighted by Gasteiger charge is -2.30. The van der Waals surface area contributed by atoms with E-state index in [1.54, 1.807) is 23.7 Å². The summed E-state index contributed by atoms with van der Waals surface area (Å²) in [6.07, 6.45) is 3.63. The Morgan fingerprint density at radius 2 is 1.96 bits per heavy atom. The van der Waals surface area contributed by atoms with Crippen molar-refractivity contribution in [1.29, 1.82) is 0 Å². The van der Waals surface area contributed by atoms with Crippen molar-refractivity contribution in [3.63, 3.8) is 0 Å². The molecular formula is C21H28N2OS2. The predicted molar refractivity (Wildman–Crippen MR) is 115 cm³/mol. The largest absolute Gasteiger partial charge is 0.507 e. The van der Waals surface area contributed by atoms with E-state index in [-0.39, 0.29) is 0 Å². The number of hydrogen-bond donors (Lipinski definition) is 1. The molecule has 0 radical (unpaired) electrons. The van der Waals surface area contributed by atoms with Gasteiger partial charge in [0, 0.05) is 18.3 Å². The van der Waals surface area contributed by atoms with Crippen molar-refractivity contribution in [3.05, 3.63) is 42.5 Å². The van der Waals surface area contributed by atoms with Crippen LogP contribution in [0.1, 0.15) is 33.1 Å². The highest BCUT2D eigenvalue weighted by molar-refractivity contribution is 7.99. The van der Waals surface area contributed by atoms with E-state index in [0.29, 0.717) is 11.8 Å². The maximum Gasteiger partial charge on any atom is 0.130 e. The third kappa shape index (κ3) is 4.33. The normalized spacial score (nSPS) is 17.8. The number of thioether (sulfide) groups is 1. The monoisotopic (exact) mass is 388 g/mol. The van der Waals surface area contributed by atoms with E-state index in [4.69, 9.17) is 0 Å². The van der Waals surface area contributed by atoms with Crippen LogP contribution in [0, 0.1) is 0 Å². The number of anilines is 2. The van der Waals surface area contributed by atoms with Crippen LogP contribution in [-0.4, -0.2) is 34.8 Å². The third-order valence-electron chi connectivity index (χ3n) is 4.74. The number of aromatic hydroxyl groups is 1. The van der Waals surface area contributed by atoms with Crippen LogP contribution in [-0.2, 0) is 0 Å². The number of unbranched alkanes of at least 4 members (excludes halogenated alkanes) is 1. The Morgan fingerprint density at radius 1 is 1.19 bits per heavy atom. The van der Waals surface area contributed by atoms with Gasteiger partial charge in [0.05, 0.1) is 15.5 Å². The first-order valence-corrected chi connectivity index (χ1v) is 11.1. The molecule has 0 saturated carbocycles. The van der Waals surface area contributed by atoms with Gasteiger partial charge in [-0.15, -0.1) is 11.8 Å². The number of likely N-dealkylation sites (N-methyl/N-ethyl adjacent to an activating group) is 1. The molecule has 0 bridgehead atoms. The third-order valence-corrected chi connectivity index (χ3v) is 6.78. The van der Waals surface area contributed by atoms with E-state index >= 15 is 0 Å². The van der Waals surface area contributed by atoms with Gasteiger partial charge >= 0.3 is 0 Å². The van der Waals surface area contributed by atoms with E-state index < -0.39 is 0 Å². The molecule has 1 aliphatic heterocycles. The lowest BCUT2D eigenvalue weighted by Crippen LogP contribution is -2.35. The van der Waals surface area contributed by atoms with Crippen molar-refractivity contribution in [1.82, 2.24) is 4.31 Å². The van der Waals surface area contributed by atoms with E-state index in [9.17, 15) is 5.11 Å². The van der Waals surface area contributed by atoms with E-state index in [1.807, 2.05) is 6.07 Å². The lowest BCUT2D eigenvalue weighted by atomic mass is 10.1. The van der Waals surface area contributed by atoms with Crippen molar-refractivity contribution in [2.45, 2.75) is 48.9 Å². The van der Waals surface area contributed by atoms with Gasteiger partial charge in [-0.25, -0.2) is 4.31 Å². The maximum atomic E-state index is 10.5. The molecule has 1 N–H and O–H groups in total. The molecule has 140 valence electrons. The molecule has 5 heteroatoms. The highest BCUT2D eigenvalue weighted by Crippen LogP contribution is 2.45. The molecule has 1 heterocycles. The number of phenolic OH excluding ortho intramolecular Hbond substituents is 1. The second-order valence-electron chi connectivity index (χ2n) is 6.60. The van der Waals surface area contributed by atoms with Gasteiger partial charge in [0.1, 0.15) is 5.75 Å². The fraction of sp³-hybridized carbons (Fsp3) is 0.429. The molecule has 3 nitrogen and oxygen atoms in total. The second-order valence-corrected chi connectivity index (χ2v) is 9.10. The summed E-state index contributed by atoms with van der Waals surface area (Å²) in [4.78, 5) is 4.50. The first-order chi connectivity index (χ1) is 12.6. The summed E-state index contributed by atoms with van der Waals surface area (Å²) in [5, 5.41) is 10.5. The average molecular weight is 389 g/mol. The number of rotatable bonds is 6. The Balaban J connectivity index is 2.05. The minimum atomic E-state index is 0.386. The smallest absolute Gasteiger partial charge is 0.130 e. The summed E-state index contributed by atoms with van der Waals surface area (Å²) in [7, 11) is 2.18. The Kier molecular flexibility index (Phi) is 6.79. The minimum absolute atomic E-state index is 0.386. The standard InChI is InChI=1S/C21H28N2OS2/c1-4-6-10-17-15-23(16-11-8-7-9-12-16)18-13-21(25-5-2)19(24)14-20(18)26-22(17)3/h7-9,11-14,17,24H,4-6,10,15H2,1-3H3. The summed E-state index contributed by atoms with van der Waals surface area (Å²) in [6.45, 7) is 5.33. The van der Waals surface area contributed by atoms with Crippen LogP contribution in [0.2, 0.25) is 0 Å². The molecule has 0 aliphatic carbocycles. The zero-order chi connectivity index (χ0) is 18.5. The van der Waals surface area contributed by atoms with E-state index in [1.165, 1.54) is 30.6 Å². The van der Waals surface area contributed by atoms with Crippen LogP contribution in [0.4, 0.5) is 11.4 Å². The number of hydrogen-bond acceptors (Lipinski definition) is 5. The van der Waals surface area contributed by atoms with Crippen molar-refractivity contribution in [3.8, 4) is 5.75 Å². The minimum Gasteiger partial charge on any atom is -0.507 e. The van der Waals surface area contributed by atoms with Crippen LogP contribution in [0.5, 0.6) is 5.75 Å². The number of benzene rings is 2. The summed E-state index contributed by atoms with van der Waals surface area (Å²) in [5.74, 6) is 1.33. The molecule has 0 saturated heterocycles. The van der Waals surface area contributed by atoms with Gasteiger partial charge in [-0.1, -0.05) is 44.9 Å². The zero-order valence-electron chi connectivity index (χ0n) is 15.8. The number of fused-ring (bicyclic) bond motifs is 1. The second kappa shape index (κ2) is 9.07. The summed E-state index contributed by atoms with van der Waals surface area (Å²) in [6, 6.07) is 15.2. The summed E-state index contributed by atoms with van der Waals surface area (Å²) >= 11 is 3.45. The van der Waals surface area contributed by atoms with Crippen molar-refractivity contribution < 1.29 is 5.11 Å². The van der Waals surface area contributed by atoms with Gasteiger partial charge in [0.25, 0.3) is 0 Å². The van der Waals surface area contributed by atoms with Crippen molar-refractivity contribution in [2.75, 3.05) is 24.2 Å². The fourth-order valence-electron chi connectivity index (χ4n) is 3.31. The molecule has 0 aromatic heterocycles. The molecule has 1 atom stereocenters. The average Bonchev–Trinajstić information content (AvgIpc) is 2.77. The molecule has 0 fully saturated rings. The topological polar surface area (TPSA) is 26.7 Å². The van der Waals surface area contributed by atoms with Gasteiger partial charge in [0.2, 0.25) is 0 Å². The van der Waals surface area contributed by atoms with Crippen LogP contribution >= 0.6 is 23.7 Å². The van der Waals surface area contributed by atoms with Crippen LogP contribution in [0.25, 0.3) is 0 Å². The number of phenols is 1. The van der Waals surface area contributed by atoms with Crippen LogP contribution in [0.3, 0.4) is 0 Å². The fourth-order valence-corrected chi connectivity index (χ4v) is 5.08. The molecule has 0 amide bonds. The van der Waals surface area contributed by atoms with Gasteiger partial charge in [0.15, 0.2) is 0 Å². The molecule has 1 aliphatic rings. The van der Waals surface area contributed by atoms with Gasteiger partial charge in [-0.3, -0.25) is 0 Å². The van der Waals surface area contributed by atoms with Crippen molar-refractivity contribution in [2.24, 2.45) is 0 Å². The first-order valence-electron chi connectivity index (χ1n) is 9.37. The summed E-state index contributed by atoms with van der Waals surface area (Å²) < 4.78 is 2.36. The molecular weight excluding hydrogens is 360 g/mol. The molecule has 2 aromatic carbocycles. The Hall–Kier alpha value is -1.30. The Morgan fingerprint density at radius 3 is 2.65 bits per heavy atom. The van der Waals surface area contributed by atoms with Gasteiger partial charge < -0.3 is 10.0 Å². The van der Waals surface area contributed by atoms with Gasteiger partial charge in [-0.05, 0) is 55.4 Å². The highest BCUT2D eigenvalue weighted by Gasteiger charge is 2.28. The van der Waals surface area contributed by atoms with Gasteiger partial charge in [-0.2, -0.15) is 0 Å². The predicted octanol–water partition coefficient (Wildman–Crippen LogP) is 6.15. The lowest BCUT2D eigenvalue weighted by molar-refractivity contribution is 0.382. The molecule has 26 heavy (non-hydrogen) atoms. The number of para-hydroxylation sites is 1. The molecule has 3 rings (SSSR count). The highest BCUT2D eigenvalue weighted by atomic mass is 32.2. The summed E-state index contributed by atoms with van der Waals surface area (Å²) in [5.41, 5.74) is 2.41. The van der Waals surface area contributed by atoms with E-state index in [2.05, 4.69) is 66.5 Å².